The van der Waals surface area contributed by atoms with Crippen molar-refractivity contribution in [2.45, 2.75) is 12.6 Å². The van der Waals surface area contributed by atoms with E-state index in [1.165, 1.54) is 0 Å². The molecule has 64 valence electrons. The fraction of sp³-hybridized carbons (Fsp3) is 0.500. The summed E-state index contributed by atoms with van der Waals surface area (Å²) in [6.07, 6.45) is -2.48. The van der Waals surface area contributed by atoms with Gasteiger partial charge in [0.2, 0.25) is 0 Å². The van der Waals surface area contributed by atoms with Crippen LogP contribution in [0.4, 0.5) is 4.79 Å². The SMILES string of the molecule is NOC(=O)CC(N)OC(N)=O. The van der Waals surface area contributed by atoms with Crippen LogP contribution in [0.25, 0.3) is 0 Å². The summed E-state index contributed by atoms with van der Waals surface area (Å²) in [5.74, 6) is 3.70. The van der Waals surface area contributed by atoms with Gasteiger partial charge < -0.3 is 15.3 Å². The molecule has 0 spiro atoms. The van der Waals surface area contributed by atoms with E-state index >= 15 is 0 Å². The van der Waals surface area contributed by atoms with Crippen molar-refractivity contribution in [1.82, 2.24) is 0 Å². The van der Waals surface area contributed by atoms with Gasteiger partial charge in [-0.15, -0.1) is 0 Å². The Morgan fingerprint density at radius 3 is 2.36 bits per heavy atom. The standard InChI is InChI=1S/C4H9N3O4/c5-2(10-4(6)9)1-3(8)11-7/h2H,1,5,7H2,(H2,6,9). The number of ether oxygens (including phenoxy) is 1. The minimum Gasteiger partial charge on any atom is -0.430 e. The van der Waals surface area contributed by atoms with E-state index in [2.05, 4.69) is 21.2 Å². The average molecular weight is 163 g/mol. The Morgan fingerprint density at radius 1 is 1.45 bits per heavy atom. The number of carbonyl (C=O) groups is 2. The molecule has 7 nitrogen and oxygen atoms in total. The number of carbonyl (C=O) groups excluding carboxylic acids is 2. The highest BCUT2D eigenvalue weighted by molar-refractivity contribution is 5.70. The van der Waals surface area contributed by atoms with Gasteiger partial charge in [-0.05, 0) is 0 Å². The fourth-order valence-corrected chi connectivity index (χ4v) is 0.403. The van der Waals surface area contributed by atoms with Crippen LogP contribution >= 0.6 is 0 Å². The normalized spacial score (nSPS) is 11.8. The monoisotopic (exact) mass is 163 g/mol. The second kappa shape index (κ2) is 4.47. The number of primary amides is 1. The van der Waals surface area contributed by atoms with Crippen LogP contribution in [0.1, 0.15) is 6.42 Å². The molecule has 0 aliphatic rings. The van der Waals surface area contributed by atoms with Crippen LogP contribution in [0, 0.1) is 0 Å². The third-order valence-corrected chi connectivity index (χ3v) is 0.767. The minimum absolute atomic E-state index is 0.320. The molecule has 6 N–H and O–H groups in total. The molecule has 7 heteroatoms. The third kappa shape index (κ3) is 5.12. The van der Waals surface area contributed by atoms with Crippen molar-refractivity contribution in [3.05, 3.63) is 0 Å². The molecular formula is C4H9N3O4. The smallest absolute Gasteiger partial charge is 0.406 e. The third-order valence-electron chi connectivity index (χ3n) is 0.767. The maximum Gasteiger partial charge on any atom is 0.406 e. The quantitative estimate of drug-likeness (QED) is 0.331. The van der Waals surface area contributed by atoms with Gasteiger partial charge in [0.15, 0.2) is 6.23 Å². The van der Waals surface area contributed by atoms with Crippen molar-refractivity contribution < 1.29 is 19.2 Å². The fourth-order valence-electron chi connectivity index (χ4n) is 0.403. The van der Waals surface area contributed by atoms with Crippen molar-refractivity contribution in [3.63, 3.8) is 0 Å². The Morgan fingerprint density at radius 2 is 2.00 bits per heavy atom. The van der Waals surface area contributed by atoms with Gasteiger partial charge >= 0.3 is 12.1 Å². The summed E-state index contributed by atoms with van der Waals surface area (Å²) in [5.41, 5.74) is 9.66. The molecule has 0 aromatic rings. The van der Waals surface area contributed by atoms with E-state index in [4.69, 9.17) is 5.73 Å². The van der Waals surface area contributed by atoms with Gasteiger partial charge in [-0.1, -0.05) is 0 Å². The van der Waals surface area contributed by atoms with Gasteiger partial charge in [-0.2, -0.15) is 5.90 Å². The summed E-state index contributed by atoms with van der Waals surface area (Å²) >= 11 is 0. The summed E-state index contributed by atoms with van der Waals surface area (Å²) in [6, 6.07) is 0. The molecule has 11 heavy (non-hydrogen) atoms. The number of amides is 1. The van der Waals surface area contributed by atoms with Crippen LogP contribution in [0.3, 0.4) is 0 Å². The highest BCUT2D eigenvalue weighted by atomic mass is 16.7. The van der Waals surface area contributed by atoms with Gasteiger partial charge in [0.25, 0.3) is 0 Å². The Balaban J connectivity index is 3.60. The molecule has 0 aromatic carbocycles. The Hall–Kier alpha value is -1.34. The van der Waals surface area contributed by atoms with Crippen molar-refractivity contribution in [3.8, 4) is 0 Å². The van der Waals surface area contributed by atoms with E-state index in [-0.39, 0.29) is 6.42 Å². The molecule has 0 saturated carbocycles. The zero-order chi connectivity index (χ0) is 8.85. The second-order valence-electron chi connectivity index (χ2n) is 1.67. The number of hydrogen-bond acceptors (Lipinski definition) is 6. The Bertz CT molecular complexity index is 159. The van der Waals surface area contributed by atoms with Gasteiger partial charge in [-0.25, -0.2) is 4.79 Å². The lowest BCUT2D eigenvalue weighted by atomic mass is 10.4. The van der Waals surface area contributed by atoms with Gasteiger partial charge in [0, 0.05) is 0 Å². The first-order valence-corrected chi connectivity index (χ1v) is 2.67. The minimum atomic E-state index is -1.11. The molecule has 0 rings (SSSR count). The van der Waals surface area contributed by atoms with Crippen LogP contribution in [0.2, 0.25) is 0 Å². The van der Waals surface area contributed by atoms with Crippen molar-refractivity contribution in [1.29, 1.82) is 0 Å². The average Bonchev–Trinajstić information content (AvgIpc) is 1.85. The first-order chi connectivity index (χ1) is 5.06. The van der Waals surface area contributed by atoms with Gasteiger partial charge in [0.1, 0.15) is 0 Å². The van der Waals surface area contributed by atoms with Crippen molar-refractivity contribution in [2.24, 2.45) is 17.4 Å². The van der Waals surface area contributed by atoms with Crippen molar-refractivity contribution >= 4 is 12.1 Å². The van der Waals surface area contributed by atoms with Crippen LogP contribution in [-0.2, 0) is 14.4 Å². The summed E-state index contributed by atoms with van der Waals surface area (Å²) in [5, 5.41) is 0. The molecule has 0 aromatic heterocycles. The molecule has 1 unspecified atom stereocenters. The second-order valence-corrected chi connectivity index (χ2v) is 1.67. The van der Waals surface area contributed by atoms with E-state index in [0.29, 0.717) is 0 Å². The highest BCUT2D eigenvalue weighted by Gasteiger charge is 2.12. The summed E-state index contributed by atoms with van der Waals surface area (Å²) in [4.78, 5) is 24.1. The largest absolute Gasteiger partial charge is 0.430 e. The molecule has 0 heterocycles. The van der Waals surface area contributed by atoms with Crippen LogP contribution in [-0.4, -0.2) is 18.3 Å². The van der Waals surface area contributed by atoms with Gasteiger partial charge in [-0.3, -0.25) is 10.5 Å². The molecule has 0 aliphatic heterocycles. The van der Waals surface area contributed by atoms with Crippen LogP contribution < -0.4 is 17.4 Å². The number of rotatable bonds is 3. The lowest BCUT2D eigenvalue weighted by molar-refractivity contribution is -0.146. The van der Waals surface area contributed by atoms with Crippen molar-refractivity contribution in [2.75, 3.05) is 0 Å². The molecule has 0 saturated heterocycles. The molecule has 0 radical (unpaired) electrons. The molecule has 0 aliphatic carbocycles. The molecule has 1 atom stereocenters. The Kier molecular flexibility index (Phi) is 3.93. The van der Waals surface area contributed by atoms with Crippen LogP contribution in [0.5, 0.6) is 0 Å². The lowest BCUT2D eigenvalue weighted by Crippen LogP contribution is -2.33. The first kappa shape index (κ1) is 9.66. The molecule has 0 bridgehead atoms. The predicted molar refractivity (Wildman–Crippen MR) is 33.5 cm³/mol. The maximum atomic E-state index is 10.3. The lowest BCUT2D eigenvalue weighted by Gasteiger charge is -2.08. The number of hydrogen-bond donors (Lipinski definition) is 3. The van der Waals surface area contributed by atoms with E-state index < -0.39 is 18.3 Å². The number of nitrogens with two attached hydrogens (primary N) is 3. The zero-order valence-corrected chi connectivity index (χ0v) is 5.65. The zero-order valence-electron chi connectivity index (χ0n) is 5.65. The topological polar surface area (TPSA) is 131 Å². The van der Waals surface area contributed by atoms with E-state index in [0.717, 1.165) is 0 Å². The van der Waals surface area contributed by atoms with E-state index in [1.54, 1.807) is 0 Å². The van der Waals surface area contributed by atoms with E-state index in [1.807, 2.05) is 0 Å². The molecule has 0 fully saturated rings. The Labute approximate surface area is 62.4 Å². The predicted octanol–water partition coefficient (Wildman–Crippen LogP) is -1.83. The first-order valence-electron chi connectivity index (χ1n) is 2.67. The molecular weight excluding hydrogens is 154 g/mol. The molecule has 1 amide bonds. The van der Waals surface area contributed by atoms with Gasteiger partial charge in [0.05, 0.1) is 6.42 Å². The van der Waals surface area contributed by atoms with Crippen LogP contribution in [0.15, 0.2) is 0 Å². The summed E-state index contributed by atoms with van der Waals surface area (Å²) in [7, 11) is 0. The maximum absolute atomic E-state index is 10.3. The summed E-state index contributed by atoms with van der Waals surface area (Å²) < 4.78 is 4.18. The summed E-state index contributed by atoms with van der Waals surface area (Å²) in [6.45, 7) is 0. The van der Waals surface area contributed by atoms with E-state index in [9.17, 15) is 9.59 Å². The highest BCUT2D eigenvalue weighted by Crippen LogP contribution is 1.91.